The zero-order chi connectivity index (χ0) is 9.43. The predicted molar refractivity (Wildman–Crippen MR) is 72.9 cm³/mol. The van der Waals surface area contributed by atoms with Gasteiger partial charge in [-0.3, -0.25) is 4.90 Å². The molecule has 2 aliphatic heterocycles. The SMILES string of the molecule is C1CN(C2CCNCC2)CC2(C1)CC2.Cl.Cl. The average molecular weight is 267 g/mol. The Bertz CT molecular complexity index is 213. The first-order valence-electron chi connectivity index (χ1n) is 6.33. The van der Waals surface area contributed by atoms with Gasteiger partial charge in [-0.25, -0.2) is 0 Å². The summed E-state index contributed by atoms with van der Waals surface area (Å²) < 4.78 is 0. The lowest BCUT2D eigenvalue weighted by Gasteiger charge is -2.40. The Hall–Kier alpha value is 0.500. The largest absolute Gasteiger partial charge is 0.317 e. The molecule has 0 bridgehead atoms. The molecule has 0 radical (unpaired) electrons. The fourth-order valence-corrected chi connectivity index (χ4v) is 3.31. The van der Waals surface area contributed by atoms with Crippen molar-refractivity contribution in [2.45, 2.75) is 44.6 Å². The van der Waals surface area contributed by atoms with Gasteiger partial charge in [0.2, 0.25) is 0 Å². The number of likely N-dealkylation sites (tertiary alicyclic amines) is 1. The molecule has 0 unspecified atom stereocenters. The van der Waals surface area contributed by atoms with Crippen LogP contribution in [0.3, 0.4) is 0 Å². The van der Waals surface area contributed by atoms with Crippen molar-refractivity contribution < 1.29 is 0 Å². The van der Waals surface area contributed by atoms with E-state index < -0.39 is 0 Å². The molecule has 3 fully saturated rings. The van der Waals surface area contributed by atoms with Gasteiger partial charge in [0, 0.05) is 12.6 Å². The molecule has 1 saturated carbocycles. The third-order valence-electron chi connectivity index (χ3n) is 4.47. The average Bonchev–Trinajstić information content (AvgIpc) is 2.99. The van der Waals surface area contributed by atoms with Gasteiger partial charge in [-0.05, 0) is 63.6 Å². The predicted octanol–water partition coefficient (Wildman–Crippen LogP) is 2.46. The van der Waals surface area contributed by atoms with Gasteiger partial charge in [0.05, 0.1) is 0 Å². The van der Waals surface area contributed by atoms with Crippen LogP contribution < -0.4 is 5.32 Å². The van der Waals surface area contributed by atoms with Crippen molar-refractivity contribution in [2.24, 2.45) is 5.41 Å². The fourth-order valence-electron chi connectivity index (χ4n) is 3.31. The third kappa shape index (κ3) is 3.04. The monoisotopic (exact) mass is 266 g/mol. The molecule has 0 aromatic heterocycles. The van der Waals surface area contributed by atoms with E-state index in [2.05, 4.69) is 10.2 Å². The lowest BCUT2D eigenvalue weighted by Crippen LogP contribution is -2.47. The number of hydrogen-bond donors (Lipinski definition) is 1. The highest BCUT2D eigenvalue weighted by molar-refractivity contribution is 5.85. The third-order valence-corrected chi connectivity index (χ3v) is 4.47. The Morgan fingerprint density at radius 2 is 1.69 bits per heavy atom. The molecule has 2 nitrogen and oxygen atoms in total. The highest BCUT2D eigenvalue weighted by atomic mass is 35.5. The summed E-state index contributed by atoms with van der Waals surface area (Å²) in [7, 11) is 0. The van der Waals surface area contributed by atoms with E-state index in [1.807, 2.05) is 0 Å². The van der Waals surface area contributed by atoms with Crippen molar-refractivity contribution in [1.82, 2.24) is 10.2 Å². The normalized spacial score (nSPS) is 29.2. The molecule has 2 saturated heterocycles. The van der Waals surface area contributed by atoms with E-state index >= 15 is 0 Å². The molecule has 0 amide bonds. The van der Waals surface area contributed by atoms with Crippen LogP contribution in [-0.4, -0.2) is 37.1 Å². The number of halogens is 2. The number of rotatable bonds is 1. The van der Waals surface area contributed by atoms with Gasteiger partial charge in [0.15, 0.2) is 0 Å². The number of piperidine rings is 2. The minimum atomic E-state index is 0. The topological polar surface area (TPSA) is 15.3 Å². The molecule has 96 valence electrons. The smallest absolute Gasteiger partial charge is 0.0120 e. The second-order valence-electron chi connectivity index (χ2n) is 5.56. The van der Waals surface area contributed by atoms with Crippen molar-refractivity contribution in [1.29, 1.82) is 0 Å². The summed E-state index contributed by atoms with van der Waals surface area (Å²) in [6.07, 6.45) is 8.80. The molecule has 0 atom stereocenters. The van der Waals surface area contributed by atoms with Gasteiger partial charge in [0.25, 0.3) is 0 Å². The Morgan fingerprint density at radius 3 is 2.31 bits per heavy atom. The van der Waals surface area contributed by atoms with Crippen LogP contribution >= 0.6 is 24.8 Å². The second-order valence-corrected chi connectivity index (χ2v) is 5.56. The van der Waals surface area contributed by atoms with Crippen LogP contribution in [-0.2, 0) is 0 Å². The molecule has 16 heavy (non-hydrogen) atoms. The maximum Gasteiger partial charge on any atom is 0.0120 e. The van der Waals surface area contributed by atoms with Crippen LogP contribution in [0.15, 0.2) is 0 Å². The summed E-state index contributed by atoms with van der Waals surface area (Å²) in [5, 5.41) is 3.46. The van der Waals surface area contributed by atoms with E-state index in [0.717, 1.165) is 11.5 Å². The van der Waals surface area contributed by atoms with Crippen LogP contribution in [0.1, 0.15) is 38.5 Å². The molecule has 1 N–H and O–H groups in total. The van der Waals surface area contributed by atoms with E-state index in [0.29, 0.717) is 0 Å². The summed E-state index contributed by atoms with van der Waals surface area (Å²) >= 11 is 0. The fraction of sp³-hybridized carbons (Fsp3) is 1.00. The van der Waals surface area contributed by atoms with E-state index in [1.54, 1.807) is 0 Å². The Morgan fingerprint density at radius 1 is 1.00 bits per heavy atom. The van der Waals surface area contributed by atoms with Crippen molar-refractivity contribution >= 4 is 24.8 Å². The van der Waals surface area contributed by atoms with Crippen LogP contribution in [0.25, 0.3) is 0 Å². The lowest BCUT2D eigenvalue weighted by atomic mass is 9.92. The van der Waals surface area contributed by atoms with E-state index in [4.69, 9.17) is 0 Å². The van der Waals surface area contributed by atoms with Gasteiger partial charge in [0.1, 0.15) is 0 Å². The molecule has 3 rings (SSSR count). The molecule has 1 aliphatic carbocycles. The highest BCUT2D eigenvalue weighted by Crippen LogP contribution is 2.52. The molecule has 4 heteroatoms. The van der Waals surface area contributed by atoms with Crippen molar-refractivity contribution in [3.8, 4) is 0 Å². The first kappa shape index (κ1) is 14.6. The number of hydrogen-bond acceptors (Lipinski definition) is 2. The van der Waals surface area contributed by atoms with Gasteiger partial charge in [-0.1, -0.05) is 0 Å². The molecule has 3 aliphatic rings. The van der Waals surface area contributed by atoms with Crippen molar-refractivity contribution in [3.63, 3.8) is 0 Å². The summed E-state index contributed by atoms with van der Waals surface area (Å²) in [6.45, 7) is 5.30. The minimum absolute atomic E-state index is 0. The van der Waals surface area contributed by atoms with Gasteiger partial charge in [-0.15, -0.1) is 24.8 Å². The zero-order valence-corrected chi connectivity index (χ0v) is 11.5. The first-order valence-corrected chi connectivity index (χ1v) is 6.33. The molecule has 0 aromatic rings. The first-order chi connectivity index (χ1) is 6.88. The second kappa shape index (κ2) is 5.90. The van der Waals surface area contributed by atoms with Crippen LogP contribution in [0.2, 0.25) is 0 Å². The lowest BCUT2D eigenvalue weighted by molar-refractivity contribution is 0.0933. The van der Waals surface area contributed by atoms with Crippen LogP contribution in [0, 0.1) is 5.41 Å². The Kier molecular flexibility index (Phi) is 5.37. The Balaban J connectivity index is 0.000000640. The Labute approximate surface area is 111 Å². The van der Waals surface area contributed by atoms with Crippen molar-refractivity contribution in [3.05, 3.63) is 0 Å². The van der Waals surface area contributed by atoms with Gasteiger partial charge < -0.3 is 5.32 Å². The maximum absolute atomic E-state index is 3.46. The van der Waals surface area contributed by atoms with E-state index in [-0.39, 0.29) is 24.8 Å². The van der Waals surface area contributed by atoms with E-state index in [9.17, 15) is 0 Å². The summed E-state index contributed by atoms with van der Waals surface area (Å²) in [5.41, 5.74) is 0.809. The van der Waals surface area contributed by atoms with Crippen molar-refractivity contribution in [2.75, 3.05) is 26.2 Å². The number of nitrogens with one attached hydrogen (secondary N) is 1. The summed E-state index contributed by atoms with van der Waals surface area (Å²) in [5.74, 6) is 0. The molecule has 1 spiro atoms. The van der Waals surface area contributed by atoms with Crippen LogP contribution in [0.5, 0.6) is 0 Å². The molecule has 0 aromatic carbocycles. The molecule has 2 heterocycles. The summed E-state index contributed by atoms with van der Waals surface area (Å²) in [6, 6.07) is 0.911. The van der Waals surface area contributed by atoms with Crippen LogP contribution in [0.4, 0.5) is 0 Å². The molecular formula is C12H24Cl2N2. The maximum atomic E-state index is 3.46. The quantitative estimate of drug-likeness (QED) is 0.785. The minimum Gasteiger partial charge on any atom is -0.317 e. The number of nitrogens with zero attached hydrogens (tertiary/aromatic N) is 1. The van der Waals surface area contributed by atoms with Gasteiger partial charge >= 0.3 is 0 Å². The van der Waals surface area contributed by atoms with Gasteiger partial charge in [-0.2, -0.15) is 0 Å². The highest BCUT2D eigenvalue weighted by Gasteiger charge is 2.46. The summed E-state index contributed by atoms with van der Waals surface area (Å²) in [4.78, 5) is 2.80. The van der Waals surface area contributed by atoms with E-state index in [1.165, 1.54) is 64.7 Å². The molecular weight excluding hydrogens is 243 g/mol. The standard InChI is InChI=1S/C12H22N2.2ClH/c1-4-12(5-6-12)10-14(9-1)11-2-7-13-8-3-11;;/h11,13H,1-10H2;2*1H. The zero-order valence-electron chi connectivity index (χ0n) is 9.91.